The molecule has 2 saturated heterocycles. The molecule has 2 fully saturated rings. The van der Waals surface area contributed by atoms with E-state index in [4.69, 9.17) is 4.74 Å². The van der Waals surface area contributed by atoms with Gasteiger partial charge < -0.3 is 35.2 Å². The van der Waals surface area contributed by atoms with Gasteiger partial charge >= 0.3 is 0 Å². The van der Waals surface area contributed by atoms with E-state index in [0.717, 1.165) is 5.56 Å². The third kappa shape index (κ3) is 5.81. The number of carbonyl (C=O) groups is 2. The van der Waals surface area contributed by atoms with Gasteiger partial charge in [-0.2, -0.15) is 0 Å². The van der Waals surface area contributed by atoms with Crippen LogP contribution in [0.15, 0.2) is 66.7 Å². The van der Waals surface area contributed by atoms with Crippen molar-refractivity contribution in [1.29, 1.82) is 0 Å². The van der Waals surface area contributed by atoms with Crippen LogP contribution in [0.4, 0.5) is 10.1 Å². The number of ketones is 1. The lowest BCUT2D eigenvalue weighted by Gasteiger charge is -2.48. The number of benzene rings is 3. The average molecular weight is 580 g/mol. The fourth-order valence-corrected chi connectivity index (χ4v) is 5.79. The minimum atomic E-state index is -1.50. The van der Waals surface area contributed by atoms with Gasteiger partial charge in [0.05, 0.1) is 24.7 Å². The number of carbonyl (C=O) groups excluding carboxylic acids is 2. The minimum Gasteiger partial charge on any atom is -0.508 e. The predicted octanol–water partition coefficient (Wildman–Crippen LogP) is 2.59. The number of aryl methyl sites for hydroxylation is 1. The molecule has 3 aromatic rings. The molecular weight excluding hydrogens is 545 g/mol. The molecule has 10 heteroatoms. The minimum absolute atomic E-state index is 0.0657. The second kappa shape index (κ2) is 12.3. The Kier molecular flexibility index (Phi) is 8.72. The van der Waals surface area contributed by atoms with Crippen LogP contribution < -0.4 is 4.90 Å². The normalized spacial score (nSPS) is 27.5. The number of aliphatic hydroxyl groups excluding tert-OH is 4. The summed E-state index contributed by atoms with van der Waals surface area (Å²) in [6.45, 7) is 1.39. The smallest absolute Gasteiger partial charge is 0.233 e. The number of ether oxygens (including phenoxy) is 1. The Morgan fingerprint density at radius 3 is 2.24 bits per heavy atom. The highest BCUT2D eigenvalue weighted by molar-refractivity contribution is 6.04. The number of amides is 1. The Hall–Kier alpha value is -3.67. The van der Waals surface area contributed by atoms with Crippen molar-refractivity contribution in [3.63, 3.8) is 0 Å². The van der Waals surface area contributed by atoms with Crippen molar-refractivity contribution >= 4 is 17.4 Å². The number of nitrogens with zero attached hydrogens (tertiary/aromatic N) is 1. The third-order valence-electron chi connectivity index (χ3n) is 8.22. The monoisotopic (exact) mass is 579 g/mol. The quantitative estimate of drug-likeness (QED) is 0.192. The molecule has 0 radical (unpaired) electrons. The Labute approximate surface area is 242 Å². The molecule has 0 bridgehead atoms. The highest BCUT2D eigenvalue weighted by atomic mass is 19.1. The fourth-order valence-electron chi connectivity index (χ4n) is 5.79. The summed E-state index contributed by atoms with van der Waals surface area (Å²) in [5.74, 6) is -1.52. The molecule has 1 amide bonds. The molecule has 3 aromatic carbocycles. The predicted molar refractivity (Wildman–Crippen MR) is 150 cm³/mol. The summed E-state index contributed by atoms with van der Waals surface area (Å²) >= 11 is 0. The molecule has 9 nitrogen and oxygen atoms in total. The molecule has 7 atom stereocenters. The van der Waals surface area contributed by atoms with Gasteiger partial charge in [-0.15, -0.1) is 0 Å². The summed E-state index contributed by atoms with van der Waals surface area (Å²) in [4.78, 5) is 27.8. The number of halogens is 1. The Bertz CT molecular complexity index is 1430. The van der Waals surface area contributed by atoms with E-state index in [0.29, 0.717) is 22.4 Å². The van der Waals surface area contributed by atoms with Gasteiger partial charge in [-0.05, 0) is 61.4 Å². The van der Waals surface area contributed by atoms with Gasteiger partial charge in [0.2, 0.25) is 5.91 Å². The number of hydrogen-bond acceptors (Lipinski definition) is 8. The lowest BCUT2D eigenvalue weighted by atomic mass is 9.77. The molecule has 0 saturated carbocycles. The largest absolute Gasteiger partial charge is 0.508 e. The van der Waals surface area contributed by atoms with Crippen LogP contribution in [-0.4, -0.2) is 74.3 Å². The van der Waals surface area contributed by atoms with Crippen LogP contribution in [0.25, 0.3) is 0 Å². The standard InChI is InChI=1S/C32H34FNO8/c1-17-2-9-21(10-3-17)34-28(23(32(34)41)12-13-24(36)19-5-7-20(33)8-6-19)22-11-4-18(14-25(22)37)15-26-29(38)31(40)30(39)27(16-35)42-26/h2-11,14,23,26-31,35,37-40H,12-13,15-16H2,1H3/t23-,26+,27?,28-,29?,30+,31-/m1/s1. The number of phenols is 1. The Morgan fingerprint density at radius 1 is 0.929 bits per heavy atom. The maximum absolute atomic E-state index is 13.4. The first-order valence-electron chi connectivity index (χ1n) is 13.9. The van der Waals surface area contributed by atoms with Crippen LogP contribution in [0.3, 0.4) is 0 Å². The van der Waals surface area contributed by atoms with Crippen molar-refractivity contribution in [3.05, 3.63) is 94.8 Å². The fraction of sp³-hybridized carbons (Fsp3) is 0.375. The van der Waals surface area contributed by atoms with Gasteiger partial charge in [0.1, 0.15) is 36.0 Å². The van der Waals surface area contributed by atoms with Crippen LogP contribution in [0.5, 0.6) is 5.75 Å². The van der Waals surface area contributed by atoms with E-state index in [1.807, 2.05) is 31.2 Å². The van der Waals surface area contributed by atoms with E-state index in [2.05, 4.69) is 0 Å². The number of Topliss-reactive ketones (excluding diaryl/α,β-unsaturated/α-hetero) is 1. The summed E-state index contributed by atoms with van der Waals surface area (Å²) in [7, 11) is 0. The average Bonchev–Trinajstić information content (AvgIpc) is 2.98. The summed E-state index contributed by atoms with van der Waals surface area (Å²) in [5.41, 5.74) is 3.07. The second-order valence-corrected chi connectivity index (χ2v) is 11.0. The van der Waals surface area contributed by atoms with Crippen LogP contribution in [-0.2, 0) is 16.0 Å². The maximum atomic E-state index is 13.4. The lowest BCUT2D eigenvalue weighted by Crippen LogP contribution is -2.59. The highest BCUT2D eigenvalue weighted by Gasteiger charge is 2.49. The molecule has 0 aliphatic carbocycles. The number of hydrogen-bond donors (Lipinski definition) is 5. The summed E-state index contributed by atoms with van der Waals surface area (Å²) in [5, 5.41) is 51.2. The molecule has 5 rings (SSSR count). The van der Waals surface area contributed by atoms with Gasteiger partial charge in [-0.1, -0.05) is 29.8 Å². The van der Waals surface area contributed by atoms with Crippen molar-refractivity contribution < 1.29 is 44.2 Å². The number of β-lactam (4-membered cyclic amide) rings is 1. The van der Waals surface area contributed by atoms with Crippen LogP contribution in [0, 0.1) is 18.7 Å². The number of phenolic OH excluding ortho intramolecular Hbond substituents is 1. The molecule has 2 aliphatic heterocycles. The molecular formula is C32H34FNO8. The Morgan fingerprint density at radius 2 is 1.60 bits per heavy atom. The number of anilines is 1. The molecule has 42 heavy (non-hydrogen) atoms. The first-order chi connectivity index (χ1) is 20.1. The van der Waals surface area contributed by atoms with Crippen LogP contribution in [0.2, 0.25) is 0 Å². The van der Waals surface area contributed by atoms with Crippen LogP contribution >= 0.6 is 0 Å². The third-order valence-corrected chi connectivity index (χ3v) is 8.22. The van der Waals surface area contributed by atoms with E-state index in [1.165, 1.54) is 30.3 Å². The Balaban J connectivity index is 1.38. The van der Waals surface area contributed by atoms with Crippen molar-refractivity contribution in [2.24, 2.45) is 5.92 Å². The zero-order valence-electron chi connectivity index (χ0n) is 23.0. The van der Waals surface area contributed by atoms with Crippen molar-refractivity contribution in [3.8, 4) is 5.75 Å². The van der Waals surface area contributed by atoms with Gasteiger partial charge in [0.25, 0.3) is 0 Å². The van der Waals surface area contributed by atoms with Crippen LogP contribution in [0.1, 0.15) is 45.9 Å². The molecule has 2 unspecified atom stereocenters. The molecule has 222 valence electrons. The zero-order valence-corrected chi connectivity index (χ0v) is 23.0. The van der Waals surface area contributed by atoms with E-state index in [1.54, 1.807) is 17.0 Å². The summed E-state index contributed by atoms with van der Waals surface area (Å²) in [6.07, 6.45) is -5.98. The first-order valence-corrected chi connectivity index (χ1v) is 13.9. The topological polar surface area (TPSA) is 148 Å². The van der Waals surface area contributed by atoms with Gasteiger partial charge in [0, 0.05) is 29.7 Å². The van der Waals surface area contributed by atoms with Crippen molar-refractivity contribution in [2.75, 3.05) is 11.5 Å². The van der Waals surface area contributed by atoms with E-state index < -0.39 is 54.9 Å². The highest BCUT2D eigenvalue weighted by Crippen LogP contribution is 2.48. The SMILES string of the molecule is Cc1ccc(N2C(=O)[C@H](CCC(=O)c3ccc(F)cc3)[C@H]2c2ccc(C[C@@H]3OC(CO)[C@H](O)[C@H](O)C3O)cc2O)cc1. The summed E-state index contributed by atoms with van der Waals surface area (Å²) in [6, 6.07) is 17.0. The van der Waals surface area contributed by atoms with Gasteiger partial charge in [-0.25, -0.2) is 4.39 Å². The van der Waals surface area contributed by atoms with E-state index >= 15 is 0 Å². The van der Waals surface area contributed by atoms with E-state index in [9.17, 15) is 39.5 Å². The maximum Gasteiger partial charge on any atom is 0.233 e. The van der Waals surface area contributed by atoms with Crippen molar-refractivity contribution in [2.45, 2.75) is 62.7 Å². The zero-order chi connectivity index (χ0) is 30.1. The van der Waals surface area contributed by atoms with Crippen molar-refractivity contribution in [1.82, 2.24) is 0 Å². The molecule has 0 aromatic heterocycles. The molecule has 5 N–H and O–H groups in total. The van der Waals surface area contributed by atoms with E-state index in [-0.39, 0.29) is 36.7 Å². The molecule has 2 aliphatic rings. The lowest BCUT2D eigenvalue weighted by molar-refractivity contribution is -0.228. The van der Waals surface area contributed by atoms with Gasteiger partial charge in [-0.3, -0.25) is 9.59 Å². The number of aromatic hydroxyl groups is 1. The molecule has 2 heterocycles. The molecule has 0 spiro atoms. The second-order valence-electron chi connectivity index (χ2n) is 11.0. The number of aliphatic hydroxyl groups is 4. The first kappa shape index (κ1) is 29.8. The summed E-state index contributed by atoms with van der Waals surface area (Å²) < 4.78 is 18.9. The number of rotatable bonds is 9. The van der Waals surface area contributed by atoms with Gasteiger partial charge in [0.15, 0.2) is 5.78 Å².